The molecule has 0 aromatic heterocycles. The molecule has 102 valence electrons. The van der Waals surface area contributed by atoms with Crippen molar-refractivity contribution in [1.82, 2.24) is 0 Å². The first kappa shape index (κ1) is 15.7. The van der Waals surface area contributed by atoms with Crippen molar-refractivity contribution in [3.8, 4) is 0 Å². The monoisotopic (exact) mass is 278 g/mol. The van der Waals surface area contributed by atoms with Crippen molar-refractivity contribution in [2.45, 2.75) is 66.0 Å². The second-order valence-electron chi connectivity index (χ2n) is 7.37. The van der Waals surface area contributed by atoms with E-state index in [-0.39, 0.29) is 0 Å². The molecule has 1 aromatic carbocycles. The van der Waals surface area contributed by atoms with Gasteiger partial charge in [-0.05, 0) is 24.0 Å². The third-order valence-electron chi connectivity index (χ3n) is 3.72. The summed E-state index contributed by atoms with van der Waals surface area (Å²) in [6.45, 7) is 19.5. The minimum Gasteiger partial charge on any atom is -0.0656 e. The van der Waals surface area contributed by atoms with E-state index in [0.717, 1.165) is 0 Å². The first-order valence-corrected chi connectivity index (χ1v) is 14.3. The molecule has 0 spiro atoms. The summed E-state index contributed by atoms with van der Waals surface area (Å²) in [5.74, 6) is 0. The van der Waals surface area contributed by atoms with Crippen LogP contribution in [0.1, 0.15) is 25.0 Å². The van der Waals surface area contributed by atoms with Crippen LogP contribution in [0.2, 0.25) is 39.3 Å². The van der Waals surface area contributed by atoms with Gasteiger partial charge in [-0.25, -0.2) is 0 Å². The SMILES string of the molecule is CCc1cc([Si](C)(C)C)c([Si](C)(C)C)cc1CC. The van der Waals surface area contributed by atoms with Crippen molar-refractivity contribution in [3.63, 3.8) is 0 Å². The van der Waals surface area contributed by atoms with Crippen molar-refractivity contribution in [2.75, 3.05) is 0 Å². The van der Waals surface area contributed by atoms with Crippen LogP contribution in [0.15, 0.2) is 12.1 Å². The van der Waals surface area contributed by atoms with Crippen LogP contribution in [0.5, 0.6) is 0 Å². The van der Waals surface area contributed by atoms with Crippen LogP contribution in [0.3, 0.4) is 0 Å². The van der Waals surface area contributed by atoms with Crippen LogP contribution in [0.25, 0.3) is 0 Å². The van der Waals surface area contributed by atoms with Crippen LogP contribution in [0, 0.1) is 0 Å². The van der Waals surface area contributed by atoms with Gasteiger partial charge in [0, 0.05) is 0 Å². The molecule has 0 saturated carbocycles. The zero-order valence-electron chi connectivity index (χ0n) is 13.6. The van der Waals surface area contributed by atoms with Crippen molar-refractivity contribution in [2.24, 2.45) is 0 Å². The zero-order valence-corrected chi connectivity index (χ0v) is 15.6. The smallest absolute Gasteiger partial charge is 0.0656 e. The minimum atomic E-state index is -1.24. The molecule has 1 rings (SSSR count). The predicted molar refractivity (Wildman–Crippen MR) is 91.2 cm³/mol. The predicted octanol–water partition coefficient (Wildman–Crippen LogP) is 3.90. The number of rotatable bonds is 4. The Hall–Kier alpha value is -0.346. The highest BCUT2D eigenvalue weighted by Gasteiger charge is 2.28. The average Bonchev–Trinajstić information content (AvgIpc) is 2.24. The van der Waals surface area contributed by atoms with E-state index in [2.05, 4.69) is 65.3 Å². The average molecular weight is 279 g/mol. The summed E-state index contributed by atoms with van der Waals surface area (Å²) in [7, 11) is -2.47. The van der Waals surface area contributed by atoms with E-state index in [4.69, 9.17) is 0 Å². The quantitative estimate of drug-likeness (QED) is 0.733. The van der Waals surface area contributed by atoms with Gasteiger partial charge in [-0.2, -0.15) is 0 Å². The molecule has 0 saturated heterocycles. The van der Waals surface area contributed by atoms with Gasteiger partial charge >= 0.3 is 0 Å². The summed E-state index contributed by atoms with van der Waals surface area (Å²) in [6.07, 6.45) is 2.35. The Labute approximate surface area is 116 Å². The summed E-state index contributed by atoms with van der Waals surface area (Å²) in [4.78, 5) is 0. The lowest BCUT2D eigenvalue weighted by Crippen LogP contribution is -2.56. The molecule has 0 N–H and O–H groups in total. The van der Waals surface area contributed by atoms with E-state index in [0.29, 0.717) is 0 Å². The summed E-state index contributed by atoms with van der Waals surface area (Å²) in [6, 6.07) is 5.11. The second kappa shape index (κ2) is 5.34. The molecule has 0 nitrogen and oxygen atoms in total. The molecule has 0 aliphatic heterocycles. The summed E-state index contributed by atoms with van der Waals surface area (Å²) < 4.78 is 0. The second-order valence-corrected chi connectivity index (χ2v) is 17.5. The molecule has 0 bridgehead atoms. The van der Waals surface area contributed by atoms with Crippen LogP contribution in [0.4, 0.5) is 0 Å². The number of hydrogen-bond donors (Lipinski definition) is 0. The van der Waals surface area contributed by atoms with E-state index < -0.39 is 16.1 Å². The Bertz CT molecular complexity index is 379. The van der Waals surface area contributed by atoms with Crippen LogP contribution in [-0.2, 0) is 12.8 Å². The molecular weight excluding hydrogens is 248 g/mol. The van der Waals surface area contributed by atoms with Crippen LogP contribution >= 0.6 is 0 Å². The maximum atomic E-state index is 2.55. The third kappa shape index (κ3) is 3.35. The van der Waals surface area contributed by atoms with Gasteiger partial charge in [-0.3, -0.25) is 0 Å². The zero-order chi connectivity index (χ0) is 14.1. The molecule has 0 aliphatic carbocycles. The van der Waals surface area contributed by atoms with Gasteiger partial charge < -0.3 is 0 Å². The van der Waals surface area contributed by atoms with E-state index in [1.165, 1.54) is 12.8 Å². The summed E-state index contributed by atoms with van der Waals surface area (Å²) >= 11 is 0. The highest BCUT2D eigenvalue weighted by atomic mass is 28.3. The molecule has 18 heavy (non-hydrogen) atoms. The largest absolute Gasteiger partial charge is 0.0774 e. The van der Waals surface area contributed by atoms with Gasteiger partial charge in [-0.1, -0.05) is 75.6 Å². The number of aryl methyl sites for hydroxylation is 2. The Balaban J connectivity index is 3.57. The van der Waals surface area contributed by atoms with Gasteiger partial charge in [0.2, 0.25) is 0 Å². The number of benzene rings is 1. The van der Waals surface area contributed by atoms with Gasteiger partial charge in [0.05, 0.1) is 16.1 Å². The van der Waals surface area contributed by atoms with Crippen molar-refractivity contribution in [1.29, 1.82) is 0 Å². The maximum Gasteiger partial charge on any atom is 0.0774 e. The fraction of sp³-hybridized carbons (Fsp3) is 0.625. The Morgan fingerprint density at radius 1 is 0.667 bits per heavy atom. The standard InChI is InChI=1S/C16H30Si2/c1-9-13-11-15(17(3,4)5)16(18(6,7)8)12-14(13)10-2/h11-12H,9-10H2,1-8H3. The fourth-order valence-electron chi connectivity index (χ4n) is 2.59. The molecule has 0 fully saturated rings. The van der Waals surface area contributed by atoms with Gasteiger partial charge in [-0.15, -0.1) is 0 Å². The molecule has 0 radical (unpaired) electrons. The highest BCUT2D eigenvalue weighted by molar-refractivity contribution is 6.98. The lowest BCUT2D eigenvalue weighted by atomic mass is 10.0. The molecule has 2 heteroatoms. The van der Waals surface area contributed by atoms with Gasteiger partial charge in [0.1, 0.15) is 0 Å². The summed E-state index contributed by atoms with van der Waals surface area (Å²) in [5.41, 5.74) is 3.16. The highest BCUT2D eigenvalue weighted by Crippen LogP contribution is 2.14. The van der Waals surface area contributed by atoms with Crippen molar-refractivity contribution >= 4 is 26.5 Å². The number of hydrogen-bond acceptors (Lipinski definition) is 0. The Kier molecular flexibility index (Phi) is 4.66. The lowest BCUT2D eigenvalue weighted by molar-refractivity contribution is 1.04. The summed E-state index contributed by atoms with van der Waals surface area (Å²) in [5, 5.41) is 3.44. The van der Waals surface area contributed by atoms with Crippen molar-refractivity contribution in [3.05, 3.63) is 23.3 Å². The minimum absolute atomic E-state index is 1.17. The molecular formula is C16H30Si2. The molecule has 0 atom stereocenters. The molecule has 0 heterocycles. The van der Waals surface area contributed by atoms with E-state index in [9.17, 15) is 0 Å². The lowest BCUT2D eigenvalue weighted by Gasteiger charge is -2.30. The molecule has 0 amide bonds. The van der Waals surface area contributed by atoms with Crippen LogP contribution in [-0.4, -0.2) is 16.1 Å². The Morgan fingerprint density at radius 2 is 0.944 bits per heavy atom. The molecule has 0 unspecified atom stereocenters. The first-order valence-electron chi connectivity index (χ1n) is 7.28. The Morgan fingerprint density at radius 3 is 1.11 bits per heavy atom. The normalized spacial score (nSPS) is 12.9. The molecule has 1 aromatic rings. The van der Waals surface area contributed by atoms with Gasteiger partial charge in [0.25, 0.3) is 0 Å². The van der Waals surface area contributed by atoms with E-state index in [1.54, 1.807) is 21.5 Å². The first-order chi connectivity index (χ1) is 8.11. The molecule has 0 aliphatic rings. The van der Waals surface area contributed by atoms with Gasteiger partial charge in [0.15, 0.2) is 0 Å². The van der Waals surface area contributed by atoms with Crippen LogP contribution < -0.4 is 10.4 Å². The van der Waals surface area contributed by atoms with Crippen molar-refractivity contribution < 1.29 is 0 Å². The van der Waals surface area contributed by atoms with E-state index >= 15 is 0 Å². The maximum absolute atomic E-state index is 2.55. The van der Waals surface area contributed by atoms with E-state index in [1.807, 2.05) is 0 Å². The fourth-order valence-corrected chi connectivity index (χ4v) is 7.81. The third-order valence-corrected chi connectivity index (χ3v) is 8.03. The topological polar surface area (TPSA) is 0 Å².